The second kappa shape index (κ2) is 4.85. The van der Waals surface area contributed by atoms with Gasteiger partial charge in [0.25, 0.3) is 0 Å². The van der Waals surface area contributed by atoms with Crippen molar-refractivity contribution in [1.82, 2.24) is 4.57 Å². The number of pyridine rings is 1. The van der Waals surface area contributed by atoms with Crippen molar-refractivity contribution in [2.75, 3.05) is 0 Å². The van der Waals surface area contributed by atoms with Gasteiger partial charge in [-0.3, -0.25) is 4.79 Å². The molecule has 0 bridgehead atoms. The van der Waals surface area contributed by atoms with Crippen molar-refractivity contribution in [2.45, 2.75) is 18.4 Å². The van der Waals surface area contributed by atoms with Crippen molar-refractivity contribution in [2.24, 2.45) is 0 Å². The van der Waals surface area contributed by atoms with Crippen LogP contribution >= 0.6 is 0 Å². The van der Waals surface area contributed by atoms with Gasteiger partial charge in [0.2, 0.25) is 0 Å². The fourth-order valence-corrected chi connectivity index (χ4v) is 2.96. The van der Waals surface area contributed by atoms with Crippen LogP contribution in [0.25, 0.3) is 21.8 Å². The molecule has 1 N–H and O–H groups in total. The monoisotopic (exact) mass is 287 g/mol. The smallest absolute Gasteiger partial charge is 0.197 e. The number of aromatic nitrogens is 1. The van der Waals surface area contributed by atoms with Crippen LogP contribution in [0.15, 0.2) is 52.2 Å². The van der Waals surface area contributed by atoms with Crippen LogP contribution in [0.2, 0.25) is 0 Å². The van der Waals surface area contributed by atoms with Crippen LogP contribution in [0, 0.1) is 0 Å². The number of benzene rings is 2. The predicted molar refractivity (Wildman–Crippen MR) is 80.4 cm³/mol. The number of aryl methyl sites for hydroxylation is 1. The van der Waals surface area contributed by atoms with Gasteiger partial charge in [0.15, 0.2) is 16.5 Å². The van der Waals surface area contributed by atoms with Crippen LogP contribution in [0.3, 0.4) is 0 Å². The lowest BCUT2D eigenvalue weighted by Gasteiger charge is -2.13. The maximum Gasteiger partial charge on any atom is 0.197 e. The van der Waals surface area contributed by atoms with Crippen LogP contribution in [0.4, 0.5) is 0 Å². The number of fused-ring (bicyclic) bond motifs is 2. The third kappa shape index (κ3) is 1.87. The SMILES string of the molecule is CCn1c2ccccc2c(=O)c2cc(S(=O)O)ccc21. The molecular formula is C15H13NO3S. The van der Waals surface area contributed by atoms with Gasteiger partial charge in [-0.2, -0.15) is 0 Å². The molecule has 4 nitrogen and oxygen atoms in total. The maximum absolute atomic E-state index is 12.5. The minimum atomic E-state index is -2.08. The van der Waals surface area contributed by atoms with E-state index < -0.39 is 11.1 Å². The summed E-state index contributed by atoms with van der Waals surface area (Å²) in [5, 5.41) is 1.10. The molecule has 0 aliphatic heterocycles. The first kappa shape index (κ1) is 13.0. The van der Waals surface area contributed by atoms with Crippen LogP contribution in [0.5, 0.6) is 0 Å². The molecule has 20 heavy (non-hydrogen) atoms. The van der Waals surface area contributed by atoms with Crippen molar-refractivity contribution < 1.29 is 8.76 Å². The average Bonchev–Trinajstić information content (AvgIpc) is 2.47. The molecule has 0 saturated carbocycles. The molecule has 0 aliphatic rings. The van der Waals surface area contributed by atoms with E-state index in [0.717, 1.165) is 17.6 Å². The number of hydrogen-bond acceptors (Lipinski definition) is 2. The topological polar surface area (TPSA) is 59.3 Å². The lowest BCUT2D eigenvalue weighted by atomic mass is 10.1. The third-order valence-corrected chi connectivity index (χ3v) is 4.12. The summed E-state index contributed by atoms with van der Waals surface area (Å²) < 4.78 is 22.4. The lowest BCUT2D eigenvalue weighted by Crippen LogP contribution is -2.11. The molecule has 1 aromatic heterocycles. The second-order valence-electron chi connectivity index (χ2n) is 4.52. The zero-order chi connectivity index (χ0) is 14.3. The molecule has 0 spiro atoms. The van der Waals surface area contributed by atoms with Crippen molar-refractivity contribution >= 4 is 32.9 Å². The van der Waals surface area contributed by atoms with E-state index in [1.54, 1.807) is 18.2 Å². The van der Waals surface area contributed by atoms with Gasteiger partial charge in [-0.25, -0.2) is 4.21 Å². The fourth-order valence-electron chi connectivity index (χ4n) is 2.56. The van der Waals surface area contributed by atoms with Crippen molar-refractivity contribution in [3.63, 3.8) is 0 Å². The molecule has 0 saturated heterocycles. The molecule has 5 heteroatoms. The molecule has 102 valence electrons. The molecular weight excluding hydrogens is 274 g/mol. The summed E-state index contributed by atoms with van der Waals surface area (Å²) in [4.78, 5) is 12.8. The molecule has 0 radical (unpaired) electrons. The quantitative estimate of drug-likeness (QED) is 0.582. The normalized spacial score (nSPS) is 12.9. The van der Waals surface area contributed by atoms with E-state index in [4.69, 9.17) is 0 Å². The van der Waals surface area contributed by atoms with E-state index in [2.05, 4.69) is 0 Å². The summed E-state index contributed by atoms with van der Waals surface area (Å²) in [7, 11) is 0. The first-order valence-corrected chi connectivity index (χ1v) is 7.40. The number of rotatable bonds is 2. The Labute approximate surface area is 117 Å². The van der Waals surface area contributed by atoms with Gasteiger partial charge >= 0.3 is 0 Å². The highest BCUT2D eigenvalue weighted by Crippen LogP contribution is 2.21. The van der Waals surface area contributed by atoms with E-state index in [0.29, 0.717) is 10.8 Å². The molecule has 0 amide bonds. The van der Waals surface area contributed by atoms with E-state index in [1.165, 1.54) is 6.07 Å². The third-order valence-electron chi connectivity index (χ3n) is 3.46. The Kier molecular flexibility index (Phi) is 3.16. The maximum atomic E-state index is 12.5. The van der Waals surface area contributed by atoms with Crippen LogP contribution in [0.1, 0.15) is 6.92 Å². The van der Waals surface area contributed by atoms with Crippen LogP contribution < -0.4 is 5.43 Å². The Morgan fingerprint density at radius 2 is 1.80 bits per heavy atom. The van der Waals surface area contributed by atoms with Gasteiger partial charge in [-0.05, 0) is 37.3 Å². The highest BCUT2D eigenvalue weighted by molar-refractivity contribution is 7.79. The summed E-state index contributed by atoms with van der Waals surface area (Å²) in [5.74, 6) is 0. The Bertz CT molecular complexity index is 899. The summed E-state index contributed by atoms with van der Waals surface area (Å²) >= 11 is -2.08. The average molecular weight is 287 g/mol. The zero-order valence-electron chi connectivity index (χ0n) is 10.9. The largest absolute Gasteiger partial charge is 0.341 e. The van der Waals surface area contributed by atoms with Gasteiger partial charge in [-0.15, -0.1) is 0 Å². The highest BCUT2D eigenvalue weighted by Gasteiger charge is 2.11. The van der Waals surface area contributed by atoms with Gasteiger partial charge in [0.05, 0.1) is 15.9 Å². The number of hydrogen-bond donors (Lipinski definition) is 1. The summed E-state index contributed by atoms with van der Waals surface area (Å²) in [6.45, 7) is 2.73. The Morgan fingerprint density at radius 1 is 1.10 bits per heavy atom. The van der Waals surface area contributed by atoms with E-state index in [1.807, 2.05) is 29.7 Å². The van der Waals surface area contributed by atoms with Crippen molar-refractivity contribution in [3.05, 3.63) is 52.7 Å². The van der Waals surface area contributed by atoms with Crippen molar-refractivity contribution in [1.29, 1.82) is 0 Å². The van der Waals surface area contributed by atoms with Crippen LogP contribution in [-0.2, 0) is 17.6 Å². The molecule has 1 heterocycles. The second-order valence-corrected chi connectivity index (χ2v) is 5.49. The van der Waals surface area contributed by atoms with E-state index >= 15 is 0 Å². The minimum absolute atomic E-state index is 0.104. The molecule has 3 aromatic rings. The van der Waals surface area contributed by atoms with Gasteiger partial charge in [-0.1, -0.05) is 12.1 Å². The number of para-hydroxylation sites is 1. The summed E-state index contributed by atoms with van der Waals surface area (Å²) in [6.07, 6.45) is 0. The van der Waals surface area contributed by atoms with E-state index in [9.17, 15) is 13.6 Å². The molecule has 1 unspecified atom stereocenters. The fraction of sp³-hybridized carbons (Fsp3) is 0.133. The summed E-state index contributed by atoms with van der Waals surface area (Å²) in [6, 6.07) is 12.2. The van der Waals surface area contributed by atoms with Gasteiger partial charge in [0, 0.05) is 17.3 Å². The van der Waals surface area contributed by atoms with Crippen LogP contribution in [-0.4, -0.2) is 13.3 Å². The van der Waals surface area contributed by atoms with Crippen molar-refractivity contribution in [3.8, 4) is 0 Å². The predicted octanol–water partition coefficient (Wildman–Crippen LogP) is 2.76. The first-order chi connectivity index (χ1) is 9.63. The standard InChI is InChI=1S/C15H13NO3S/c1-2-16-13-6-4-3-5-11(13)15(17)12-9-10(20(18)19)7-8-14(12)16/h3-9H,2H2,1H3,(H,18,19). The summed E-state index contributed by atoms with van der Waals surface area (Å²) in [5.41, 5.74) is 1.56. The van der Waals surface area contributed by atoms with E-state index in [-0.39, 0.29) is 10.3 Å². The highest BCUT2D eigenvalue weighted by atomic mass is 32.2. The zero-order valence-corrected chi connectivity index (χ0v) is 11.7. The minimum Gasteiger partial charge on any atom is -0.341 e. The molecule has 3 rings (SSSR count). The molecule has 1 atom stereocenters. The van der Waals surface area contributed by atoms with Gasteiger partial charge in [0.1, 0.15) is 0 Å². The number of nitrogens with zero attached hydrogens (tertiary/aromatic N) is 1. The molecule has 2 aromatic carbocycles. The Balaban J connectivity index is 2.56. The first-order valence-electron chi connectivity index (χ1n) is 6.29. The lowest BCUT2D eigenvalue weighted by molar-refractivity contribution is 0.564. The Morgan fingerprint density at radius 3 is 2.50 bits per heavy atom. The molecule has 0 fully saturated rings. The molecule has 0 aliphatic carbocycles. The van der Waals surface area contributed by atoms with Gasteiger partial charge < -0.3 is 9.12 Å². The Hall–Kier alpha value is -1.98.